The van der Waals surface area contributed by atoms with E-state index in [0.29, 0.717) is 17.2 Å². The lowest BCUT2D eigenvalue weighted by Crippen LogP contribution is -2.35. The van der Waals surface area contributed by atoms with Crippen LogP contribution in [0, 0.1) is 17.2 Å². The van der Waals surface area contributed by atoms with Crippen LogP contribution in [0.3, 0.4) is 0 Å². The number of pyridine rings is 1. The monoisotopic (exact) mass is 427 g/mol. The van der Waals surface area contributed by atoms with E-state index in [-0.39, 0.29) is 25.5 Å². The SMILES string of the molecule is C[C@@H]1CCc2nc3ccccc3c(C(=O)OCC(=O)N(CCC#N)c3ccccc3)c2C1. The van der Waals surface area contributed by atoms with Gasteiger partial charge in [0.15, 0.2) is 6.61 Å². The molecule has 162 valence electrons. The first kappa shape index (κ1) is 21.5. The minimum absolute atomic E-state index is 0.189. The van der Waals surface area contributed by atoms with Gasteiger partial charge in [0.05, 0.1) is 23.6 Å². The lowest BCUT2D eigenvalue weighted by Gasteiger charge is -2.24. The number of aryl methyl sites for hydroxylation is 1. The van der Waals surface area contributed by atoms with E-state index in [1.807, 2.05) is 42.5 Å². The fourth-order valence-electron chi connectivity index (χ4n) is 4.24. The van der Waals surface area contributed by atoms with Crippen LogP contribution in [0.25, 0.3) is 10.9 Å². The molecule has 2 aromatic carbocycles. The third-order valence-electron chi connectivity index (χ3n) is 5.85. The summed E-state index contributed by atoms with van der Waals surface area (Å²) in [5.74, 6) is -0.408. The van der Waals surface area contributed by atoms with E-state index in [0.717, 1.165) is 41.4 Å². The minimum Gasteiger partial charge on any atom is -0.452 e. The van der Waals surface area contributed by atoms with Gasteiger partial charge in [-0.15, -0.1) is 0 Å². The van der Waals surface area contributed by atoms with Crippen molar-refractivity contribution < 1.29 is 14.3 Å². The van der Waals surface area contributed by atoms with Crippen molar-refractivity contribution in [2.75, 3.05) is 18.1 Å². The first-order valence-electron chi connectivity index (χ1n) is 10.9. The van der Waals surface area contributed by atoms with Gasteiger partial charge in [-0.1, -0.05) is 43.3 Å². The molecular formula is C26H25N3O3. The Labute approximate surface area is 187 Å². The average molecular weight is 428 g/mol. The number of carbonyl (C=O) groups is 2. The number of amides is 1. The van der Waals surface area contributed by atoms with Gasteiger partial charge in [-0.25, -0.2) is 4.79 Å². The van der Waals surface area contributed by atoms with Crippen LogP contribution >= 0.6 is 0 Å². The van der Waals surface area contributed by atoms with Gasteiger partial charge in [0, 0.05) is 23.3 Å². The third-order valence-corrected chi connectivity index (χ3v) is 5.85. The molecule has 0 saturated carbocycles. The van der Waals surface area contributed by atoms with Crippen molar-refractivity contribution in [3.05, 3.63) is 71.4 Å². The smallest absolute Gasteiger partial charge is 0.339 e. The summed E-state index contributed by atoms with van der Waals surface area (Å²) in [6, 6.07) is 18.7. The Morgan fingerprint density at radius 3 is 2.69 bits per heavy atom. The zero-order valence-electron chi connectivity index (χ0n) is 18.1. The van der Waals surface area contributed by atoms with Gasteiger partial charge >= 0.3 is 5.97 Å². The maximum atomic E-state index is 13.2. The predicted octanol–water partition coefficient (Wildman–Crippen LogP) is 4.46. The van der Waals surface area contributed by atoms with Crippen LogP contribution in [-0.4, -0.2) is 30.0 Å². The van der Waals surface area contributed by atoms with Gasteiger partial charge in [-0.05, 0) is 48.9 Å². The Morgan fingerprint density at radius 1 is 1.16 bits per heavy atom. The van der Waals surface area contributed by atoms with Gasteiger partial charge in [0.1, 0.15) is 0 Å². The van der Waals surface area contributed by atoms with Gasteiger partial charge in [-0.2, -0.15) is 5.26 Å². The highest BCUT2D eigenvalue weighted by atomic mass is 16.5. The second-order valence-electron chi connectivity index (χ2n) is 8.14. The van der Waals surface area contributed by atoms with E-state index in [1.165, 1.54) is 4.90 Å². The van der Waals surface area contributed by atoms with Crippen molar-refractivity contribution in [2.24, 2.45) is 5.92 Å². The molecule has 0 aliphatic heterocycles. The van der Waals surface area contributed by atoms with E-state index in [4.69, 9.17) is 15.0 Å². The highest BCUT2D eigenvalue weighted by molar-refractivity contribution is 6.06. The van der Waals surface area contributed by atoms with Crippen LogP contribution in [-0.2, 0) is 22.4 Å². The summed E-state index contributed by atoms with van der Waals surface area (Å²) in [7, 11) is 0. The fraction of sp³-hybridized carbons (Fsp3) is 0.308. The number of nitriles is 1. The Morgan fingerprint density at radius 2 is 1.91 bits per heavy atom. The summed E-state index contributed by atoms with van der Waals surface area (Å²) < 4.78 is 5.54. The topological polar surface area (TPSA) is 83.3 Å². The molecule has 6 nitrogen and oxygen atoms in total. The molecule has 1 amide bonds. The molecule has 3 aromatic rings. The number of benzene rings is 2. The maximum Gasteiger partial charge on any atom is 0.339 e. The quantitative estimate of drug-likeness (QED) is 0.542. The van der Waals surface area contributed by atoms with Crippen LogP contribution in [0.5, 0.6) is 0 Å². The van der Waals surface area contributed by atoms with Crippen LogP contribution in [0.1, 0.15) is 41.4 Å². The molecule has 0 fully saturated rings. The van der Waals surface area contributed by atoms with Crippen molar-refractivity contribution in [1.82, 2.24) is 4.98 Å². The van der Waals surface area contributed by atoms with Crippen molar-refractivity contribution in [1.29, 1.82) is 5.26 Å². The van der Waals surface area contributed by atoms with E-state index in [2.05, 4.69) is 13.0 Å². The number of anilines is 1. The number of fused-ring (bicyclic) bond motifs is 2. The average Bonchev–Trinajstić information content (AvgIpc) is 2.82. The van der Waals surface area contributed by atoms with Crippen LogP contribution in [0.2, 0.25) is 0 Å². The highest BCUT2D eigenvalue weighted by Crippen LogP contribution is 2.32. The molecule has 4 rings (SSSR count). The summed E-state index contributed by atoms with van der Waals surface area (Å²) in [5, 5.41) is 9.72. The number of nitrogens with zero attached hydrogens (tertiary/aromatic N) is 3. The molecule has 0 radical (unpaired) electrons. The second kappa shape index (κ2) is 9.61. The van der Waals surface area contributed by atoms with Gasteiger partial charge in [0.25, 0.3) is 5.91 Å². The normalized spacial score (nSPS) is 14.9. The van der Waals surface area contributed by atoms with Crippen LogP contribution in [0.4, 0.5) is 5.69 Å². The lowest BCUT2D eigenvalue weighted by molar-refractivity contribution is -0.121. The van der Waals surface area contributed by atoms with Gasteiger partial charge in [0.2, 0.25) is 0 Å². The highest BCUT2D eigenvalue weighted by Gasteiger charge is 2.27. The lowest BCUT2D eigenvalue weighted by atomic mass is 9.84. The number of hydrogen-bond donors (Lipinski definition) is 0. The zero-order chi connectivity index (χ0) is 22.5. The first-order valence-corrected chi connectivity index (χ1v) is 10.9. The Balaban J connectivity index is 1.59. The molecule has 0 saturated heterocycles. The number of ether oxygens (including phenoxy) is 1. The van der Waals surface area contributed by atoms with Crippen molar-refractivity contribution >= 4 is 28.5 Å². The van der Waals surface area contributed by atoms with Crippen molar-refractivity contribution in [3.8, 4) is 6.07 Å². The number of para-hydroxylation sites is 2. The fourth-order valence-corrected chi connectivity index (χ4v) is 4.24. The molecule has 32 heavy (non-hydrogen) atoms. The number of aromatic nitrogens is 1. The number of hydrogen-bond acceptors (Lipinski definition) is 5. The number of carbonyl (C=O) groups excluding carboxylic acids is 2. The van der Waals surface area contributed by atoms with Crippen LogP contribution in [0.15, 0.2) is 54.6 Å². The summed E-state index contributed by atoms with van der Waals surface area (Å²) in [6.45, 7) is 2.02. The predicted molar refractivity (Wildman–Crippen MR) is 122 cm³/mol. The Bertz CT molecular complexity index is 1180. The standard InChI is InChI=1S/C26H25N3O3/c1-18-12-13-23-21(16-18)25(20-10-5-6-11-22(20)28-23)26(31)32-17-24(30)29(15-7-14-27)19-8-3-2-4-9-19/h2-6,8-11,18H,7,12-13,15-17H2,1H3/t18-/m1/s1. The van der Waals surface area contributed by atoms with E-state index in [9.17, 15) is 9.59 Å². The number of esters is 1. The molecule has 1 aliphatic carbocycles. The maximum absolute atomic E-state index is 13.2. The van der Waals surface area contributed by atoms with E-state index < -0.39 is 5.97 Å². The second-order valence-corrected chi connectivity index (χ2v) is 8.14. The molecule has 1 heterocycles. The van der Waals surface area contributed by atoms with E-state index in [1.54, 1.807) is 12.1 Å². The molecule has 0 unspecified atom stereocenters. The Hall–Kier alpha value is -3.72. The first-order chi connectivity index (χ1) is 15.6. The molecule has 6 heteroatoms. The summed E-state index contributed by atoms with van der Waals surface area (Å²) in [5.41, 5.74) is 3.83. The molecule has 1 aromatic heterocycles. The molecule has 1 aliphatic rings. The summed E-state index contributed by atoms with van der Waals surface area (Å²) in [6.07, 6.45) is 2.82. The van der Waals surface area contributed by atoms with Crippen LogP contribution < -0.4 is 4.90 Å². The van der Waals surface area contributed by atoms with Gasteiger partial charge < -0.3 is 9.64 Å². The summed E-state index contributed by atoms with van der Waals surface area (Å²) in [4.78, 5) is 32.4. The largest absolute Gasteiger partial charge is 0.452 e. The third kappa shape index (κ3) is 4.47. The zero-order valence-corrected chi connectivity index (χ0v) is 18.1. The van der Waals surface area contributed by atoms with Crippen molar-refractivity contribution in [3.63, 3.8) is 0 Å². The summed E-state index contributed by atoms with van der Waals surface area (Å²) >= 11 is 0. The minimum atomic E-state index is -0.504. The van der Waals surface area contributed by atoms with Crippen molar-refractivity contribution in [2.45, 2.75) is 32.6 Å². The van der Waals surface area contributed by atoms with Gasteiger partial charge in [-0.3, -0.25) is 9.78 Å². The molecule has 0 bridgehead atoms. The molecular weight excluding hydrogens is 402 g/mol. The number of rotatable bonds is 6. The molecule has 1 atom stereocenters. The molecule has 0 N–H and O–H groups in total. The molecule has 0 spiro atoms. The van der Waals surface area contributed by atoms with E-state index >= 15 is 0 Å². The Kier molecular flexibility index (Phi) is 6.46.